The van der Waals surface area contributed by atoms with Crippen LogP contribution in [0.5, 0.6) is 0 Å². The molecule has 2 aliphatic heterocycles. The predicted molar refractivity (Wildman–Crippen MR) is 54.2 cm³/mol. The Balaban J connectivity index is 1.75. The summed E-state index contributed by atoms with van der Waals surface area (Å²) in [5.41, 5.74) is 0.702. The highest BCUT2D eigenvalue weighted by Crippen LogP contribution is 2.42. The summed E-state index contributed by atoms with van der Waals surface area (Å²) in [6.45, 7) is 9.88. The molecule has 2 saturated heterocycles. The van der Waals surface area contributed by atoms with E-state index in [1.807, 2.05) is 11.9 Å². The Bertz CT molecular complexity index is 167. The van der Waals surface area contributed by atoms with Crippen LogP contribution in [0, 0.1) is 5.41 Å². The zero-order valence-electron chi connectivity index (χ0n) is 8.21. The lowest BCUT2D eigenvalue weighted by atomic mass is 9.74. The van der Waals surface area contributed by atoms with Crippen LogP contribution < -0.4 is 0 Å². The van der Waals surface area contributed by atoms with E-state index in [1.165, 1.54) is 26.2 Å². The normalized spacial score (nSPS) is 29.0. The van der Waals surface area contributed by atoms with Crippen LogP contribution in [0.2, 0.25) is 0 Å². The lowest BCUT2D eigenvalue weighted by Gasteiger charge is -2.60. The average Bonchev–Trinajstić information content (AvgIpc) is 1.81. The lowest BCUT2D eigenvalue weighted by molar-refractivity contribution is -0.0907. The van der Waals surface area contributed by atoms with Crippen molar-refractivity contribution in [1.82, 2.24) is 9.21 Å². The summed E-state index contributed by atoms with van der Waals surface area (Å²) >= 11 is 1.89. The summed E-state index contributed by atoms with van der Waals surface area (Å²) < 4.78 is 2.46. The molecule has 2 aliphatic rings. The summed E-state index contributed by atoms with van der Waals surface area (Å²) in [5.74, 6) is 0. The van der Waals surface area contributed by atoms with Crippen molar-refractivity contribution in [1.29, 1.82) is 0 Å². The van der Waals surface area contributed by atoms with Gasteiger partial charge in [0.05, 0.1) is 0 Å². The Morgan fingerprint density at radius 2 is 1.75 bits per heavy atom. The van der Waals surface area contributed by atoms with Gasteiger partial charge in [-0.05, 0) is 20.1 Å². The molecule has 0 aromatic rings. The maximum atomic E-state index is 2.57. The third-order valence-corrected chi connectivity index (χ3v) is 3.86. The molecular formula is C9H18N2S. The first kappa shape index (κ1) is 8.85. The van der Waals surface area contributed by atoms with Crippen molar-refractivity contribution in [3.63, 3.8) is 0 Å². The number of nitrogens with zero attached hydrogens (tertiary/aromatic N) is 2. The zero-order valence-corrected chi connectivity index (χ0v) is 9.02. The van der Waals surface area contributed by atoms with Gasteiger partial charge in [-0.3, -0.25) is 4.90 Å². The van der Waals surface area contributed by atoms with E-state index in [0.717, 1.165) is 6.04 Å². The fraction of sp³-hybridized carbons (Fsp3) is 1.00. The van der Waals surface area contributed by atoms with E-state index >= 15 is 0 Å². The third kappa shape index (κ3) is 1.28. The first-order valence-electron chi connectivity index (χ1n) is 4.68. The molecule has 3 heteroatoms. The summed E-state index contributed by atoms with van der Waals surface area (Å²) in [7, 11) is 0. The maximum Gasteiger partial charge on any atom is 0.0231 e. The van der Waals surface area contributed by atoms with Crippen molar-refractivity contribution >= 4 is 11.9 Å². The molecule has 0 bridgehead atoms. The third-order valence-electron chi connectivity index (χ3n) is 3.09. The highest BCUT2D eigenvalue weighted by molar-refractivity contribution is 7.96. The minimum atomic E-state index is 0.702. The van der Waals surface area contributed by atoms with Gasteiger partial charge in [-0.15, -0.1) is 0 Å². The Kier molecular flexibility index (Phi) is 2.13. The molecule has 0 unspecified atom stereocenters. The van der Waals surface area contributed by atoms with E-state index in [4.69, 9.17) is 0 Å². The molecule has 2 heterocycles. The standard InChI is InChI=1S/C9H18N2S/c1-8(2)10-4-9(5-10)6-11(7-9)12-3/h8H,4-7H2,1-3H3. The maximum absolute atomic E-state index is 2.57. The largest absolute Gasteiger partial charge is 0.300 e. The predicted octanol–water partition coefficient (Wildman–Crippen LogP) is 1.29. The van der Waals surface area contributed by atoms with Crippen molar-refractivity contribution in [2.45, 2.75) is 19.9 Å². The number of rotatable bonds is 2. The van der Waals surface area contributed by atoms with Gasteiger partial charge >= 0.3 is 0 Å². The molecule has 0 N–H and O–H groups in total. The Morgan fingerprint density at radius 1 is 1.17 bits per heavy atom. The van der Waals surface area contributed by atoms with Crippen LogP contribution in [0.1, 0.15) is 13.8 Å². The van der Waals surface area contributed by atoms with Crippen LogP contribution in [0.3, 0.4) is 0 Å². The molecule has 2 rings (SSSR count). The van der Waals surface area contributed by atoms with Gasteiger partial charge < -0.3 is 0 Å². The molecule has 0 aromatic heterocycles. The van der Waals surface area contributed by atoms with Crippen molar-refractivity contribution in [3.05, 3.63) is 0 Å². The van der Waals surface area contributed by atoms with Crippen molar-refractivity contribution in [2.24, 2.45) is 5.41 Å². The molecule has 0 radical (unpaired) electrons. The SMILES string of the molecule is CSN1CC2(C1)CN(C(C)C)C2. The van der Waals surface area contributed by atoms with E-state index in [2.05, 4.69) is 29.3 Å². The van der Waals surface area contributed by atoms with Crippen LogP contribution in [0.25, 0.3) is 0 Å². The second-order valence-electron chi connectivity index (χ2n) is 4.48. The van der Waals surface area contributed by atoms with Crippen LogP contribution in [0.15, 0.2) is 0 Å². The minimum Gasteiger partial charge on any atom is -0.300 e. The van der Waals surface area contributed by atoms with E-state index in [1.54, 1.807) is 0 Å². The van der Waals surface area contributed by atoms with E-state index in [0.29, 0.717) is 5.41 Å². The summed E-state index contributed by atoms with van der Waals surface area (Å²) in [4.78, 5) is 2.57. The monoisotopic (exact) mass is 186 g/mol. The summed E-state index contributed by atoms with van der Waals surface area (Å²) in [6.07, 6.45) is 2.17. The van der Waals surface area contributed by atoms with Gasteiger partial charge in [0.2, 0.25) is 0 Å². The smallest absolute Gasteiger partial charge is 0.0231 e. The molecule has 2 nitrogen and oxygen atoms in total. The quantitative estimate of drug-likeness (QED) is 0.600. The zero-order chi connectivity index (χ0) is 8.77. The average molecular weight is 186 g/mol. The van der Waals surface area contributed by atoms with Gasteiger partial charge in [-0.1, -0.05) is 11.9 Å². The van der Waals surface area contributed by atoms with E-state index in [9.17, 15) is 0 Å². The highest BCUT2D eigenvalue weighted by atomic mass is 32.2. The minimum absolute atomic E-state index is 0.702. The van der Waals surface area contributed by atoms with E-state index < -0.39 is 0 Å². The number of hydrogen-bond donors (Lipinski definition) is 0. The molecular weight excluding hydrogens is 168 g/mol. The molecule has 0 amide bonds. The molecule has 70 valence electrons. The first-order chi connectivity index (χ1) is 5.65. The second kappa shape index (κ2) is 2.89. The second-order valence-corrected chi connectivity index (χ2v) is 5.36. The van der Waals surface area contributed by atoms with Crippen molar-refractivity contribution in [2.75, 3.05) is 32.4 Å². The van der Waals surface area contributed by atoms with Crippen LogP contribution >= 0.6 is 11.9 Å². The Hall–Kier alpha value is 0.270. The molecule has 12 heavy (non-hydrogen) atoms. The topological polar surface area (TPSA) is 6.48 Å². The molecule has 0 aliphatic carbocycles. The van der Waals surface area contributed by atoms with Gasteiger partial charge in [0.1, 0.15) is 0 Å². The Morgan fingerprint density at radius 3 is 2.17 bits per heavy atom. The van der Waals surface area contributed by atoms with Crippen LogP contribution in [-0.2, 0) is 0 Å². The van der Waals surface area contributed by atoms with Gasteiger partial charge in [-0.2, -0.15) is 0 Å². The number of likely N-dealkylation sites (tertiary alicyclic amines) is 1. The van der Waals surface area contributed by atoms with E-state index in [-0.39, 0.29) is 0 Å². The van der Waals surface area contributed by atoms with Gasteiger partial charge in [0.15, 0.2) is 0 Å². The van der Waals surface area contributed by atoms with Gasteiger partial charge in [0.25, 0.3) is 0 Å². The fourth-order valence-corrected chi connectivity index (χ4v) is 3.02. The molecule has 0 saturated carbocycles. The summed E-state index contributed by atoms with van der Waals surface area (Å²) in [5, 5.41) is 0. The van der Waals surface area contributed by atoms with Crippen molar-refractivity contribution < 1.29 is 0 Å². The van der Waals surface area contributed by atoms with Crippen LogP contribution in [0.4, 0.5) is 0 Å². The van der Waals surface area contributed by atoms with Gasteiger partial charge in [0, 0.05) is 37.6 Å². The molecule has 0 aromatic carbocycles. The van der Waals surface area contributed by atoms with Crippen molar-refractivity contribution in [3.8, 4) is 0 Å². The highest BCUT2D eigenvalue weighted by Gasteiger charge is 2.51. The number of hydrogen-bond acceptors (Lipinski definition) is 3. The van der Waals surface area contributed by atoms with Crippen LogP contribution in [-0.4, -0.2) is 47.7 Å². The molecule has 1 spiro atoms. The fourth-order valence-electron chi connectivity index (χ4n) is 2.21. The lowest BCUT2D eigenvalue weighted by Crippen LogP contribution is -2.71. The first-order valence-corrected chi connectivity index (χ1v) is 5.86. The Labute approximate surface area is 79.4 Å². The van der Waals surface area contributed by atoms with Gasteiger partial charge in [-0.25, -0.2) is 4.31 Å². The molecule has 2 fully saturated rings. The molecule has 0 atom stereocenters. The summed E-state index contributed by atoms with van der Waals surface area (Å²) in [6, 6.07) is 0.749.